The second kappa shape index (κ2) is 7.12. The molecule has 2 aliphatic heterocycles. The Kier molecular flexibility index (Phi) is 4.60. The summed E-state index contributed by atoms with van der Waals surface area (Å²) in [4.78, 5) is 22.2. The number of aliphatic hydroxyl groups is 1. The molecule has 5 nitrogen and oxygen atoms in total. The molecule has 1 atom stereocenters. The summed E-state index contributed by atoms with van der Waals surface area (Å²) in [6, 6.07) is 10.6. The van der Waals surface area contributed by atoms with E-state index in [9.17, 15) is 9.90 Å². The predicted octanol–water partition coefficient (Wildman–Crippen LogP) is 2.93. The van der Waals surface area contributed by atoms with Gasteiger partial charge < -0.3 is 10.0 Å². The van der Waals surface area contributed by atoms with Gasteiger partial charge in [0.05, 0.1) is 0 Å². The summed E-state index contributed by atoms with van der Waals surface area (Å²) in [7, 11) is 0. The highest BCUT2D eigenvalue weighted by Gasteiger charge is 2.50. The first-order chi connectivity index (χ1) is 13.7. The predicted molar refractivity (Wildman–Crippen MR) is 109 cm³/mol. The van der Waals surface area contributed by atoms with Crippen LogP contribution in [0.4, 0.5) is 0 Å². The van der Waals surface area contributed by atoms with Crippen LogP contribution >= 0.6 is 0 Å². The van der Waals surface area contributed by atoms with Gasteiger partial charge in [-0.3, -0.25) is 14.7 Å². The molecule has 1 saturated carbocycles. The van der Waals surface area contributed by atoms with E-state index in [-0.39, 0.29) is 17.9 Å². The van der Waals surface area contributed by atoms with E-state index in [1.54, 1.807) is 6.20 Å². The van der Waals surface area contributed by atoms with Gasteiger partial charge in [-0.05, 0) is 42.6 Å². The molecule has 2 aromatic rings. The molecule has 3 heterocycles. The van der Waals surface area contributed by atoms with Gasteiger partial charge in [-0.2, -0.15) is 0 Å². The summed E-state index contributed by atoms with van der Waals surface area (Å²) in [6.07, 6.45) is 7.67. The molecule has 1 aromatic carbocycles. The number of rotatable bonds is 3. The van der Waals surface area contributed by atoms with Crippen LogP contribution in [0.25, 0.3) is 10.8 Å². The summed E-state index contributed by atoms with van der Waals surface area (Å²) in [5.41, 5.74) is 0.739. The number of amides is 1. The first kappa shape index (κ1) is 18.1. The maximum absolute atomic E-state index is 13.2. The van der Waals surface area contributed by atoms with Gasteiger partial charge >= 0.3 is 0 Å². The fourth-order valence-corrected chi connectivity index (χ4v) is 5.52. The zero-order chi connectivity index (χ0) is 19.1. The molecule has 1 aliphatic carbocycles. The molecule has 3 fully saturated rings. The zero-order valence-corrected chi connectivity index (χ0v) is 16.4. The minimum atomic E-state index is 0.0426. The summed E-state index contributed by atoms with van der Waals surface area (Å²) in [6.45, 7) is 3.91. The Hall–Kier alpha value is -1.98. The molecule has 2 saturated heterocycles. The number of likely N-dealkylation sites (tertiary alicyclic amines) is 2. The molecular formula is C23H29N3O2. The molecule has 1 amide bonds. The Morgan fingerprint density at radius 2 is 1.96 bits per heavy atom. The van der Waals surface area contributed by atoms with Gasteiger partial charge in [-0.15, -0.1) is 0 Å². The average Bonchev–Trinajstić information content (AvgIpc) is 3.03. The minimum Gasteiger partial charge on any atom is -0.396 e. The van der Waals surface area contributed by atoms with E-state index in [0.717, 1.165) is 55.8 Å². The second-order valence-electron chi connectivity index (χ2n) is 8.93. The van der Waals surface area contributed by atoms with Crippen LogP contribution in [0.2, 0.25) is 0 Å². The van der Waals surface area contributed by atoms with Gasteiger partial charge in [0.25, 0.3) is 5.91 Å². The number of piperidine rings is 1. The van der Waals surface area contributed by atoms with E-state index in [1.807, 2.05) is 35.2 Å². The highest BCUT2D eigenvalue weighted by Crippen LogP contribution is 2.47. The van der Waals surface area contributed by atoms with Crippen molar-refractivity contribution < 1.29 is 9.90 Å². The molecular weight excluding hydrogens is 350 g/mol. The van der Waals surface area contributed by atoms with E-state index in [2.05, 4.69) is 9.88 Å². The summed E-state index contributed by atoms with van der Waals surface area (Å²) < 4.78 is 0. The minimum absolute atomic E-state index is 0.0426. The lowest BCUT2D eigenvalue weighted by molar-refractivity contribution is 0.0383. The van der Waals surface area contributed by atoms with Crippen LogP contribution in [0.5, 0.6) is 0 Å². The number of hydrogen-bond acceptors (Lipinski definition) is 4. The van der Waals surface area contributed by atoms with E-state index in [0.29, 0.717) is 11.6 Å². The Morgan fingerprint density at radius 1 is 1.18 bits per heavy atom. The van der Waals surface area contributed by atoms with Crippen LogP contribution in [0.1, 0.15) is 42.6 Å². The van der Waals surface area contributed by atoms with Crippen molar-refractivity contribution in [3.63, 3.8) is 0 Å². The van der Waals surface area contributed by atoms with Crippen molar-refractivity contribution in [1.82, 2.24) is 14.8 Å². The molecule has 5 rings (SSSR count). The number of carbonyl (C=O) groups is 1. The zero-order valence-electron chi connectivity index (χ0n) is 16.4. The Labute approximate surface area is 166 Å². The lowest BCUT2D eigenvalue weighted by Gasteiger charge is -2.43. The topological polar surface area (TPSA) is 56.7 Å². The molecule has 0 radical (unpaired) electrons. The lowest BCUT2D eigenvalue weighted by atomic mass is 9.71. The number of pyridine rings is 1. The average molecular weight is 380 g/mol. The third kappa shape index (κ3) is 2.92. The SMILES string of the molecule is O=C(c1nccc2ccccc12)N1CCC2(CC1)CN(C1CCC1)CC2CO. The van der Waals surface area contributed by atoms with Crippen molar-refractivity contribution in [3.8, 4) is 0 Å². The molecule has 1 spiro atoms. The fraction of sp³-hybridized carbons (Fsp3) is 0.565. The van der Waals surface area contributed by atoms with Crippen LogP contribution in [0.3, 0.4) is 0 Å². The maximum atomic E-state index is 13.2. The number of benzene rings is 1. The number of aromatic nitrogens is 1. The smallest absolute Gasteiger partial charge is 0.273 e. The van der Waals surface area contributed by atoms with Gasteiger partial charge in [0.15, 0.2) is 0 Å². The summed E-state index contributed by atoms with van der Waals surface area (Å²) in [5, 5.41) is 12.0. The van der Waals surface area contributed by atoms with Gasteiger partial charge in [-0.1, -0.05) is 30.7 Å². The quantitative estimate of drug-likeness (QED) is 0.891. The third-order valence-corrected chi connectivity index (χ3v) is 7.57. The van der Waals surface area contributed by atoms with Crippen LogP contribution in [0.15, 0.2) is 36.5 Å². The Bertz CT molecular complexity index is 866. The number of hydrogen-bond donors (Lipinski definition) is 1. The van der Waals surface area contributed by atoms with Crippen LogP contribution < -0.4 is 0 Å². The van der Waals surface area contributed by atoms with Crippen LogP contribution in [-0.2, 0) is 0 Å². The normalized spacial score (nSPS) is 25.3. The lowest BCUT2D eigenvalue weighted by Crippen LogP contribution is -2.48. The molecule has 5 heteroatoms. The van der Waals surface area contributed by atoms with E-state index in [4.69, 9.17) is 0 Å². The molecule has 0 bridgehead atoms. The van der Waals surface area contributed by atoms with E-state index >= 15 is 0 Å². The highest BCUT2D eigenvalue weighted by molar-refractivity contribution is 6.05. The Morgan fingerprint density at radius 3 is 2.68 bits per heavy atom. The first-order valence-corrected chi connectivity index (χ1v) is 10.7. The third-order valence-electron chi connectivity index (χ3n) is 7.57. The van der Waals surface area contributed by atoms with Crippen LogP contribution in [-0.4, -0.2) is 64.6 Å². The number of nitrogens with zero attached hydrogens (tertiary/aromatic N) is 3. The molecule has 1 N–H and O–H groups in total. The van der Waals surface area contributed by atoms with Crippen molar-refractivity contribution in [1.29, 1.82) is 0 Å². The van der Waals surface area contributed by atoms with Gasteiger partial charge in [-0.25, -0.2) is 0 Å². The van der Waals surface area contributed by atoms with Gasteiger partial charge in [0.2, 0.25) is 0 Å². The van der Waals surface area contributed by atoms with Crippen molar-refractivity contribution >= 4 is 16.7 Å². The Balaban J connectivity index is 1.32. The van der Waals surface area contributed by atoms with E-state index in [1.165, 1.54) is 19.3 Å². The van der Waals surface area contributed by atoms with Crippen molar-refractivity contribution in [2.24, 2.45) is 11.3 Å². The standard InChI is InChI=1S/C23H29N3O2/c27-15-18-14-26(19-5-3-6-19)16-23(18)9-12-25(13-10-23)22(28)21-20-7-2-1-4-17(20)8-11-24-21/h1-2,4,7-8,11,18-19,27H,3,5-6,9-10,12-16H2. The van der Waals surface area contributed by atoms with Crippen molar-refractivity contribution in [2.45, 2.75) is 38.1 Å². The second-order valence-corrected chi connectivity index (χ2v) is 8.93. The van der Waals surface area contributed by atoms with Gasteiger partial charge in [0.1, 0.15) is 5.69 Å². The summed E-state index contributed by atoms with van der Waals surface area (Å²) >= 11 is 0. The van der Waals surface area contributed by atoms with Crippen molar-refractivity contribution in [3.05, 3.63) is 42.2 Å². The molecule has 3 aliphatic rings. The molecule has 1 aromatic heterocycles. The summed E-state index contributed by atoms with van der Waals surface area (Å²) in [5.74, 6) is 0.391. The monoisotopic (exact) mass is 379 g/mol. The highest BCUT2D eigenvalue weighted by atomic mass is 16.3. The number of carbonyl (C=O) groups excluding carboxylic acids is 1. The van der Waals surface area contributed by atoms with E-state index < -0.39 is 0 Å². The fourth-order valence-electron chi connectivity index (χ4n) is 5.52. The first-order valence-electron chi connectivity index (χ1n) is 10.7. The number of aliphatic hydroxyl groups excluding tert-OH is 1. The largest absolute Gasteiger partial charge is 0.396 e. The maximum Gasteiger partial charge on any atom is 0.273 e. The van der Waals surface area contributed by atoms with Crippen molar-refractivity contribution in [2.75, 3.05) is 32.8 Å². The molecule has 148 valence electrons. The van der Waals surface area contributed by atoms with Crippen LogP contribution in [0, 0.1) is 11.3 Å². The van der Waals surface area contributed by atoms with Gasteiger partial charge in [0, 0.05) is 56.3 Å². The molecule has 28 heavy (non-hydrogen) atoms. The number of fused-ring (bicyclic) bond motifs is 1. The molecule has 1 unspecified atom stereocenters.